The Balaban J connectivity index is 0.000000720. The maximum absolute atomic E-state index is 10.9. The summed E-state index contributed by atoms with van der Waals surface area (Å²) in [4.78, 5) is 22.7. The molecule has 0 radical (unpaired) electrons. The van der Waals surface area contributed by atoms with Crippen LogP contribution in [0.5, 0.6) is 0 Å². The van der Waals surface area contributed by atoms with E-state index < -0.39 is 12.0 Å². The Labute approximate surface area is 92.2 Å². The Hall–Kier alpha value is -0.0600. The van der Waals surface area contributed by atoms with E-state index in [9.17, 15) is 14.7 Å². The second-order valence-electron chi connectivity index (χ2n) is 3.07. The van der Waals surface area contributed by atoms with E-state index in [1.807, 2.05) is 0 Å². The Morgan fingerprint density at radius 3 is 2.58 bits per heavy atom. The first kappa shape index (κ1) is 10.0. The van der Waals surface area contributed by atoms with Crippen LogP contribution in [0.2, 0.25) is 0 Å². The van der Waals surface area contributed by atoms with E-state index >= 15 is 0 Å². The fraction of sp³-hybridized carbons (Fsp3) is 0.714. The summed E-state index contributed by atoms with van der Waals surface area (Å²) >= 11 is 0. The molecule has 0 aromatic heterocycles. The molecule has 2 rings (SSSR count). The van der Waals surface area contributed by atoms with Gasteiger partial charge in [0.25, 0.3) is 0 Å². The van der Waals surface area contributed by atoms with Gasteiger partial charge in [0, 0.05) is 12.5 Å². The Morgan fingerprint density at radius 1 is 1.50 bits per heavy atom. The molecule has 2 atom stereocenters. The third-order valence-electron chi connectivity index (χ3n) is 2.47. The largest absolute Gasteiger partial charge is 1.00 e. The third kappa shape index (κ3) is 1.28. The topological polar surface area (TPSA) is 60.4 Å². The van der Waals surface area contributed by atoms with E-state index in [4.69, 9.17) is 0 Å². The van der Waals surface area contributed by atoms with Gasteiger partial charge in [0.15, 0.2) is 0 Å². The summed E-state index contributed by atoms with van der Waals surface area (Å²) in [6.45, 7) is 0. The van der Waals surface area contributed by atoms with Gasteiger partial charge in [0.05, 0.1) is 12.0 Å². The van der Waals surface area contributed by atoms with Gasteiger partial charge in [0.1, 0.15) is 0 Å². The van der Waals surface area contributed by atoms with Crippen molar-refractivity contribution in [1.29, 1.82) is 0 Å². The molecule has 0 aromatic carbocycles. The second-order valence-corrected chi connectivity index (χ2v) is 3.07. The van der Waals surface area contributed by atoms with Crippen molar-refractivity contribution >= 4 is 11.9 Å². The second kappa shape index (κ2) is 3.36. The molecule has 0 spiro atoms. The first-order valence-electron chi connectivity index (χ1n) is 3.72. The third-order valence-corrected chi connectivity index (χ3v) is 2.47. The zero-order valence-electron chi connectivity index (χ0n) is 6.95. The van der Waals surface area contributed by atoms with Gasteiger partial charge in [-0.05, 0) is 12.8 Å². The van der Waals surface area contributed by atoms with Gasteiger partial charge in [0.2, 0.25) is 5.91 Å². The molecule has 0 unspecified atom stereocenters. The van der Waals surface area contributed by atoms with Crippen LogP contribution in [0.25, 0.3) is 0 Å². The van der Waals surface area contributed by atoms with Crippen LogP contribution in [0.1, 0.15) is 19.3 Å². The Kier molecular flexibility index (Phi) is 2.81. The molecule has 0 N–H and O–H groups in total. The molecule has 0 bridgehead atoms. The quantitative estimate of drug-likeness (QED) is 0.299. The fourth-order valence-electron chi connectivity index (χ4n) is 1.89. The number of carboxylic acid groups (broad SMARTS) is 1. The van der Waals surface area contributed by atoms with Gasteiger partial charge in [-0.15, -0.1) is 0 Å². The van der Waals surface area contributed by atoms with Crippen molar-refractivity contribution in [2.45, 2.75) is 31.3 Å². The Morgan fingerprint density at radius 2 is 2.17 bits per heavy atom. The van der Waals surface area contributed by atoms with Crippen molar-refractivity contribution in [3.8, 4) is 0 Å². The number of carboxylic acids is 1. The molecule has 5 heteroatoms. The van der Waals surface area contributed by atoms with Crippen LogP contribution in [0, 0.1) is 0 Å². The standard InChI is InChI=1S/C7H9NO3.Na/c9-6-3-4-1-2-5(7(10)11)8(4)6;/h4-5H,1-3H2,(H,10,11);/q;+1/p-1/t4-,5+;/m1./s1. The maximum Gasteiger partial charge on any atom is 1.00 e. The number of rotatable bonds is 1. The number of hydrogen-bond acceptors (Lipinski definition) is 3. The molecule has 0 aliphatic carbocycles. The van der Waals surface area contributed by atoms with Crippen LogP contribution < -0.4 is 34.7 Å². The summed E-state index contributed by atoms with van der Waals surface area (Å²) < 4.78 is 0. The van der Waals surface area contributed by atoms with Gasteiger partial charge in [-0.25, -0.2) is 0 Å². The Bertz CT molecular complexity index is 223. The molecular formula is C7H8NNaO3. The summed E-state index contributed by atoms with van der Waals surface area (Å²) in [6, 6.07) is -0.438. The molecule has 60 valence electrons. The minimum Gasteiger partial charge on any atom is -0.548 e. The molecule has 0 saturated carbocycles. The molecule has 2 fully saturated rings. The summed E-state index contributed by atoms with van der Waals surface area (Å²) in [7, 11) is 0. The van der Waals surface area contributed by atoms with Crippen LogP contribution in [0.4, 0.5) is 0 Å². The number of amides is 1. The number of carbonyl (C=O) groups is 2. The minimum absolute atomic E-state index is 0. The maximum atomic E-state index is 10.9. The van der Waals surface area contributed by atoms with Crippen LogP contribution >= 0.6 is 0 Å². The van der Waals surface area contributed by atoms with E-state index in [-0.39, 0.29) is 41.5 Å². The summed E-state index contributed by atoms with van der Waals surface area (Å²) in [5.74, 6) is -1.15. The monoisotopic (exact) mass is 177 g/mol. The number of carbonyl (C=O) groups excluding carboxylic acids is 2. The number of β-lactam (4-membered cyclic amide) rings is 1. The molecule has 12 heavy (non-hydrogen) atoms. The van der Waals surface area contributed by atoms with Crippen LogP contribution in [-0.2, 0) is 9.59 Å². The van der Waals surface area contributed by atoms with Crippen molar-refractivity contribution in [3.05, 3.63) is 0 Å². The first-order chi connectivity index (χ1) is 5.20. The molecule has 2 heterocycles. The predicted molar refractivity (Wildman–Crippen MR) is 33.3 cm³/mol. The molecule has 2 aliphatic heterocycles. The zero-order chi connectivity index (χ0) is 8.01. The first-order valence-corrected chi connectivity index (χ1v) is 3.72. The average molecular weight is 177 g/mol. The molecule has 4 nitrogen and oxygen atoms in total. The van der Waals surface area contributed by atoms with Crippen molar-refractivity contribution < 1.29 is 44.3 Å². The normalized spacial score (nSPS) is 32.0. The number of nitrogens with zero attached hydrogens (tertiary/aromatic N) is 1. The molecular weight excluding hydrogens is 169 g/mol. The van der Waals surface area contributed by atoms with Crippen LogP contribution in [-0.4, -0.2) is 28.9 Å². The van der Waals surface area contributed by atoms with Gasteiger partial charge < -0.3 is 14.8 Å². The van der Waals surface area contributed by atoms with Crippen LogP contribution in [0.3, 0.4) is 0 Å². The summed E-state index contributed by atoms with van der Waals surface area (Å²) in [5.41, 5.74) is 0. The minimum atomic E-state index is -1.11. The van der Waals surface area contributed by atoms with E-state index in [1.165, 1.54) is 4.90 Å². The van der Waals surface area contributed by atoms with E-state index in [0.29, 0.717) is 12.8 Å². The summed E-state index contributed by atoms with van der Waals surface area (Å²) in [5, 5.41) is 10.4. The van der Waals surface area contributed by atoms with Crippen LogP contribution in [0.15, 0.2) is 0 Å². The number of hydrogen-bond donors (Lipinski definition) is 0. The molecule has 0 aromatic rings. The smallest absolute Gasteiger partial charge is 0.548 e. The molecule has 2 aliphatic rings. The number of fused-ring (bicyclic) bond motifs is 1. The average Bonchev–Trinajstić information content (AvgIpc) is 2.25. The van der Waals surface area contributed by atoms with Gasteiger partial charge in [-0.2, -0.15) is 0 Å². The summed E-state index contributed by atoms with van der Waals surface area (Å²) in [6.07, 6.45) is 1.92. The van der Waals surface area contributed by atoms with Crippen molar-refractivity contribution in [2.75, 3.05) is 0 Å². The predicted octanol–water partition coefficient (Wildman–Crippen LogP) is -4.50. The van der Waals surface area contributed by atoms with Gasteiger partial charge in [-0.1, -0.05) is 0 Å². The van der Waals surface area contributed by atoms with Crippen molar-refractivity contribution in [3.63, 3.8) is 0 Å². The molecule has 2 saturated heterocycles. The fourth-order valence-corrected chi connectivity index (χ4v) is 1.89. The molecule has 1 amide bonds. The van der Waals surface area contributed by atoms with Crippen molar-refractivity contribution in [2.24, 2.45) is 0 Å². The van der Waals surface area contributed by atoms with E-state index in [0.717, 1.165) is 6.42 Å². The van der Waals surface area contributed by atoms with Crippen molar-refractivity contribution in [1.82, 2.24) is 4.90 Å². The number of aliphatic carboxylic acids is 1. The van der Waals surface area contributed by atoms with Gasteiger partial charge in [-0.3, -0.25) is 4.79 Å². The van der Waals surface area contributed by atoms with Gasteiger partial charge >= 0.3 is 29.6 Å². The zero-order valence-corrected chi connectivity index (χ0v) is 8.95. The van der Waals surface area contributed by atoms with E-state index in [1.54, 1.807) is 0 Å². The van der Waals surface area contributed by atoms with E-state index in [2.05, 4.69) is 0 Å². The SMILES string of the molecule is O=C([O-])[C@@H]1CC[C@@H]2CC(=O)N21.[Na+].